The number of nitrogens with one attached hydrogen (secondary N) is 1. The van der Waals surface area contributed by atoms with Crippen LogP contribution in [0.2, 0.25) is 5.02 Å². The smallest absolute Gasteiger partial charge is 0.153 e. The van der Waals surface area contributed by atoms with Crippen molar-refractivity contribution in [1.29, 1.82) is 0 Å². The molecule has 16 heavy (non-hydrogen) atoms. The molecule has 2 rings (SSSR count). The van der Waals surface area contributed by atoms with E-state index >= 15 is 0 Å². The zero-order valence-electron chi connectivity index (χ0n) is 8.41. The zero-order chi connectivity index (χ0) is 11.8. The van der Waals surface area contributed by atoms with Gasteiger partial charge in [-0.05, 0) is 12.1 Å². The molecule has 1 N–H and O–H groups in total. The van der Waals surface area contributed by atoms with Gasteiger partial charge in [0.15, 0.2) is 9.84 Å². The summed E-state index contributed by atoms with van der Waals surface area (Å²) in [6.45, 7) is 0.256. The molecule has 1 saturated heterocycles. The van der Waals surface area contributed by atoms with E-state index in [2.05, 4.69) is 5.32 Å². The standard InChI is InChI=1S/C10H11ClFNO2S/c11-9-2-1-3-10(12)8(9)4-13-7-5-16(14,15)6-7/h1-3,7,13H,4-6H2. The van der Waals surface area contributed by atoms with Crippen molar-refractivity contribution in [1.82, 2.24) is 5.32 Å². The summed E-state index contributed by atoms with van der Waals surface area (Å²) in [5, 5.41) is 3.33. The molecule has 1 aliphatic rings. The van der Waals surface area contributed by atoms with Crippen LogP contribution in [0.4, 0.5) is 4.39 Å². The molecule has 0 spiro atoms. The van der Waals surface area contributed by atoms with Crippen LogP contribution in [-0.2, 0) is 16.4 Å². The molecule has 1 aromatic carbocycles. The number of benzene rings is 1. The Morgan fingerprint density at radius 2 is 2.12 bits per heavy atom. The van der Waals surface area contributed by atoms with Crippen molar-refractivity contribution in [3.8, 4) is 0 Å². The van der Waals surface area contributed by atoms with Gasteiger partial charge in [-0.1, -0.05) is 17.7 Å². The summed E-state index contributed by atoms with van der Waals surface area (Å²) in [4.78, 5) is 0. The maximum atomic E-state index is 13.3. The van der Waals surface area contributed by atoms with Gasteiger partial charge in [-0.2, -0.15) is 0 Å². The minimum absolute atomic E-state index is 0.0827. The second-order valence-corrected chi connectivity index (χ2v) is 6.42. The number of hydrogen-bond donors (Lipinski definition) is 1. The Morgan fingerprint density at radius 1 is 1.44 bits per heavy atom. The highest BCUT2D eigenvalue weighted by molar-refractivity contribution is 7.92. The summed E-state index contributed by atoms with van der Waals surface area (Å²) in [5.41, 5.74) is 0.383. The molecule has 1 aliphatic heterocycles. The Bertz CT molecular complexity index is 471. The molecule has 6 heteroatoms. The minimum atomic E-state index is -2.84. The number of sulfone groups is 1. The SMILES string of the molecule is O=S1(=O)CC(NCc2c(F)cccc2Cl)C1. The first-order valence-electron chi connectivity index (χ1n) is 4.84. The van der Waals surface area contributed by atoms with Gasteiger partial charge in [0.05, 0.1) is 11.5 Å². The van der Waals surface area contributed by atoms with Crippen molar-refractivity contribution >= 4 is 21.4 Å². The lowest BCUT2D eigenvalue weighted by Crippen LogP contribution is -2.50. The van der Waals surface area contributed by atoms with Crippen LogP contribution in [0.5, 0.6) is 0 Å². The van der Waals surface area contributed by atoms with E-state index in [0.29, 0.717) is 10.6 Å². The summed E-state index contributed by atoms with van der Waals surface area (Å²) in [7, 11) is -2.84. The molecule has 0 atom stereocenters. The maximum Gasteiger partial charge on any atom is 0.153 e. The fourth-order valence-electron chi connectivity index (χ4n) is 1.63. The van der Waals surface area contributed by atoms with Gasteiger partial charge in [-0.15, -0.1) is 0 Å². The predicted molar refractivity (Wildman–Crippen MR) is 60.7 cm³/mol. The van der Waals surface area contributed by atoms with Crippen molar-refractivity contribution in [2.24, 2.45) is 0 Å². The van der Waals surface area contributed by atoms with Crippen LogP contribution in [0, 0.1) is 5.82 Å². The largest absolute Gasteiger partial charge is 0.308 e. The van der Waals surface area contributed by atoms with Crippen molar-refractivity contribution in [3.63, 3.8) is 0 Å². The summed E-state index contributed by atoms with van der Waals surface area (Å²) in [5.74, 6) is -0.125. The quantitative estimate of drug-likeness (QED) is 0.896. The van der Waals surface area contributed by atoms with E-state index in [0.717, 1.165) is 0 Å². The van der Waals surface area contributed by atoms with E-state index in [1.165, 1.54) is 12.1 Å². The van der Waals surface area contributed by atoms with Crippen LogP contribution in [0.1, 0.15) is 5.56 Å². The van der Waals surface area contributed by atoms with E-state index in [4.69, 9.17) is 11.6 Å². The molecule has 1 heterocycles. The van der Waals surface area contributed by atoms with Crippen molar-refractivity contribution < 1.29 is 12.8 Å². The first-order valence-corrected chi connectivity index (χ1v) is 7.04. The fraction of sp³-hybridized carbons (Fsp3) is 0.400. The Hall–Kier alpha value is -0.650. The summed E-state index contributed by atoms with van der Waals surface area (Å²) in [6.07, 6.45) is 0. The molecule has 88 valence electrons. The highest BCUT2D eigenvalue weighted by Crippen LogP contribution is 2.19. The van der Waals surface area contributed by atoms with E-state index in [1.54, 1.807) is 6.07 Å². The zero-order valence-corrected chi connectivity index (χ0v) is 9.98. The molecule has 0 amide bonds. The Kier molecular flexibility index (Phi) is 3.19. The van der Waals surface area contributed by atoms with Crippen LogP contribution in [0.3, 0.4) is 0 Å². The van der Waals surface area contributed by atoms with Crippen LogP contribution >= 0.6 is 11.6 Å². The van der Waals surface area contributed by atoms with Gasteiger partial charge in [0.1, 0.15) is 5.82 Å². The molecule has 0 bridgehead atoms. The lowest BCUT2D eigenvalue weighted by molar-refractivity contribution is 0.503. The Balaban J connectivity index is 1.96. The molecule has 1 fully saturated rings. The summed E-state index contributed by atoms with van der Waals surface area (Å²) in [6, 6.07) is 4.40. The number of halogens is 2. The first kappa shape index (κ1) is 11.8. The van der Waals surface area contributed by atoms with E-state index < -0.39 is 9.84 Å². The Morgan fingerprint density at radius 3 is 2.69 bits per heavy atom. The van der Waals surface area contributed by atoms with E-state index in [1.807, 2.05) is 0 Å². The average molecular weight is 264 g/mol. The lowest BCUT2D eigenvalue weighted by Gasteiger charge is -2.26. The molecule has 0 aromatic heterocycles. The number of rotatable bonds is 3. The van der Waals surface area contributed by atoms with E-state index in [9.17, 15) is 12.8 Å². The van der Waals surface area contributed by atoms with Gasteiger partial charge < -0.3 is 5.32 Å². The monoisotopic (exact) mass is 263 g/mol. The van der Waals surface area contributed by atoms with Gasteiger partial charge in [0, 0.05) is 23.2 Å². The van der Waals surface area contributed by atoms with Crippen LogP contribution in [0.25, 0.3) is 0 Å². The lowest BCUT2D eigenvalue weighted by atomic mass is 10.2. The molecule has 0 saturated carbocycles. The number of hydrogen-bond acceptors (Lipinski definition) is 3. The molecular weight excluding hydrogens is 253 g/mol. The fourth-order valence-corrected chi connectivity index (χ4v) is 3.22. The molecule has 3 nitrogen and oxygen atoms in total. The van der Waals surface area contributed by atoms with Gasteiger partial charge in [-0.3, -0.25) is 0 Å². The summed E-state index contributed by atoms with van der Waals surface area (Å²) < 4.78 is 35.1. The molecule has 0 unspecified atom stereocenters. The summed E-state index contributed by atoms with van der Waals surface area (Å²) >= 11 is 5.83. The van der Waals surface area contributed by atoms with Crippen LogP contribution in [-0.4, -0.2) is 26.0 Å². The highest BCUT2D eigenvalue weighted by Gasteiger charge is 2.32. The van der Waals surface area contributed by atoms with Crippen molar-refractivity contribution in [2.45, 2.75) is 12.6 Å². The Labute approximate surface area is 98.5 Å². The normalized spacial score (nSPS) is 19.4. The topological polar surface area (TPSA) is 46.2 Å². The third-order valence-corrected chi connectivity index (χ3v) is 4.71. The van der Waals surface area contributed by atoms with E-state index in [-0.39, 0.29) is 29.9 Å². The second-order valence-electron chi connectivity index (χ2n) is 3.85. The molecular formula is C10H11ClFNO2S. The third kappa shape index (κ3) is 2.53. The minimum Gasteiger partial charge on any atom is -0.308 e. The maximum absolute atomic E-state index is 13.3. The van der Waals surface area contributed by atoms with Gasteiger partial charge in [0.25, 0.3) is 0 Å². The van der Waals surface area contributed by atoms with Gasteiger partial charge in [-0.25, -0.2) is 12.8 Å². The van der Waals surface area contributed by atoms with Gasteiger partial charge in [0.2, 0.25) is 0 Å². The van der Waals surface area contributed by atoms with Crippen LogP contribution in [0.15, 0.2) is 18.2 Å². The third-order valence-electron chi connectivity index (χ3n) is 2.54. The highest BCUT2D eigenvalue weighted by atomic mass is 35.5. The molecule has 0 radical (unpaired) electrons. The molecule has 1 aromatic rings. The molecule has 0 aliphatic carbocycles. The average Bonchev–Trinajstić information content (AvgIpc) is 2.14. The second kappa shape index (κ2) is 4.31. The van der Waals surface area contributed by atoms with Crippen LogP contribution < -0.4 is 5.32 Å². The van der Waals surface area contributed by atoms with Crippen molar-refractivity contribution in [2.75, 3.05) is 11.5 Å². The predicted octanol–water partition coefficient (Wildman–Crippen LogP) is 1.37. The van der Waals surface area contributed by atoms with Crippen molar-refractivity contribution in [3.05, 3.63) is 34.6 Å². The van der Waals surface area contributed by atoms with Gasteiger partial charge >= 0.3 is 0 Å². The first-order chi connectivity index (χ1) is 7.48.